The molecule has 1 aromatic rings. The van der Waals surface area contributed by atoms with Crippen LogP contribution in [0.4, 0.5) is 0 Å². The van der Waals surface area contributed by atoms with Crippen LogP contribution in [0.25, 0.3) is 0 Å². The van der Waals surface area contributed by atoms with Gasteiger partial charge >= 0.3 is 0 Å². The topological polar surface area (TPSA) is 17.1 Å². The van der Waals surface area contributed by atoms with Crippen LogP contribution in [0.3, 0.4) is 0 Å². The zero-order valence-electron chi connectivity index (χ0n) is 8.85. The maximum atomic E-state index is 11.9. The minimum atomic E-state index is 0.241. The highest BCUT2D eigenvalue weighted by Gasteiger charge is 2.15. The first-order valence-corrected chi connectivity index (χ1v) is 7.42. The van der Waals surface area contributed by atoms with Gasteiger partial charge in [-0.25, -0.2) is 0 Å². The molecule has 0 aliphatic heterocycles. The molecule has 0 aliphatic rings. The number of ketones is 1. The van der Waals surface area contributed by atoms with Crippen LogP contribution >= 0.6 is 43.2 Å². The van der Waals surface area contributed by atoms with E-state index in [1.165, 1.54) is 0 Å². The van der Waals surface area contributed by atoms with Crippen LogP contribution in [0.5, 0.6) is 0 Å². The summed E-state index contributed by atoms with van der Waals surface area (Å²) in [5, 5.41) is 0. The van der Waals surface area contributed by atoms with Crippen LogP contribution in [0.2, 0.25) is 0 Å². The molecule has 1 atom stereocenters. The maximum Gasteiger partial charge on any atom is 0.165 e. The van der Waals surface area contributed by atoms with Crippen molar-refractivity contribution in [1.82, 2.24) is 0 Å². The van der Waals surface area contributed by atoms with Crippen molar-refractivity contribution < 1.29 is 4.79 Å². The Kier molecular flexibility index (Phi) is 5.50. The standard InChI is InChI=1S/C11H14Br2OS/c1-3-4-7(2)5-9(14)8-6-10(12)15-11(8)13/h6-7H,3-5H2,1-2H3. The van der Waals surface area contributed by atoms with Crippen molar-refractivity contribution in [2.45, 2.75) is 33.1 Å². The van der Waals surface area contributed by atoms with E-state index in [4.69, 9.17) is 0 Å². The average molecular weight is 354 g/mol. The van der Waals surface area contributed by atoms with E-state index in [1.54, 1.807) is 11.3 Å². The van der Waals surface area contributed by atoms with Gasteiger partial charge in [-0.2, -0.15) is 0 Å². The fraction of sp³-hybridized carbons (Fsp3) is 0.545. The molecular formula is C11H14Br2OS. The third-order valence-electron chi connectivity index (χ3n) is 2.27. The third kappa shape index (κ3) is 4.00. The van der Waals surface area contributed by atoms with Gasteiger partial charge in [-0.1, -0.05) is 26.7 Å². The normalized spacial score (nSPS) is 12.8. The Morgan fingerprint density at radius 1 is 1.53 bits per heavy atom. The number of rotatable bonds is 5. The summed E-state index contributed by atoms with van der Waals surface area (Å²) in [7, 11) is 0. The molecule has 0 amide bonds. The molecule has 1 aromatic heterocycles. The van der Waals surface area contributed by atoms with Crippen molar-refractivity contribution in [2.24, 2.45) is 5.92 Å². The lowest BCUT2D eigenvalue weighted by molar-refractivity contribution is 0.0962. The first-order valence-electron chi connectivity index (χ1n) is 5.02. The molecule has 1 nitrogen and oxygen atoms in total. The summed E-state index contributed by atoms with van der Waals surface area (Å²) in [6, 6.07) is 1.90. The molecule has 0 N–H and O–H groups in total. The number of Topliss-reactive ketones (excluding diaryl/α,β-unsaturated/α-hetero) is 1. The van der Waals surface area contributed by atoms with E-state index in [1.807, 2.05) is 6.07 Å². The molecule has 0 saturated heterocycles. The lowest BCUT2D eigenvalue weighted by Crippen LogP contribution is -2.05. The van der Waals surface area contributed by atoms with Gasteiger partial charge in [0.05, 0.1) is 7.57 Å². The molecule has 0 saturated carbocycles. The van der Waals surface area contributed by atoms with Crippen LogP contribution in [-0.4, -0.2) is 5.78 Å². The molecule has 1 rings (SSSR count). The third-order valence-corrected chi connectivity index (χ3v) is 4.61. The van der Waals surface area contributed by atoms with Gasteiger partial charge in [0.1, 0.15) is 0 Å². The lowest BCUT2D eigenvalue weighted by Gasteiger charge is -2.07. The Morgan fingerprint density at radius 2 is 2.20 bits per heavy atom. The summed E-state index contributed by atoms with van der Waals surface area (Å²) >= 11 is 8.35. The summed E-state index contributed by atoms with van der Waals surface area (Å²) < 4.78 is 1.93. The minimum absolute atomic E-state index is 0.241. The molecule has 0 spiro atoms. The summed E-state index contributed by atoms with van der Waals surface area (Å²) in [5.74, 6) is 0.720. The molecule has 4 heteroatoms. The number of carbonyl (C=O) groups excluding carboxylic acids is 1. The molecule has 0 radical (unpaired) electrons. The molecule has 1 heterocycles. The predicted octanol–water partition coefficient (Wildman–Crippen LogP) is 5.28. The van der Waals surface area contributed by atoms with E-state index in [0.29, 0.717) is 12.3 Å². The maximum absolute atomic E-state index is 11.9. The van der Waals surface area contributed by atoms with E-state index in [9.17, 15) is 4.79 Å². The van der Waals surface area contributed by atoms with Crippen LogP contribution in [-0.2, 0) is 0 Å². The number of thiophene rings is 1. The van der Waals surface area contributed by atoms with E-state index in [2.05, 4.69) is 45.7 Å². The second-order valence-corrected chi connectivity index (χ2v) is 7.51. The molecule has 0 aromatic carbocycles. The Bertz CT molecular complexity index is 346. The van der Waals surface area contributed by atoms with E-state index in [-0.39, 0.29) is 5.78 Å². The molecule has 0 aliphatic carbocycles. The quantitative estimate of drug-likeness (QED) is 0.658. The monoisotopic (exact) mass is 352 g/mol. The summed E-state index contributed by atoms with van der Waals surface area (Å²) in [4.78, 5) is 11.9. The van der Waals surface area contributed by atoms with Crippen molar-refractivity contribution in [3.05, 3.63) is 19.2 Å². The summed E-state index contributed by atoms with van der Waals surface area (Å²) in [5.41, 5.74) is 0.815. The molecule has 0 fully saturated rings. The van der Waals surface area contributed by atoms with Crippen LogP contribution in [0.15, 0.2) is 13.6 Å². The molecule has 84 valence electrons. The van der Waals surface area contributed by atoms with Crippen LogP contribution < -0.4 is 0 Å². The Hall–Kier alpha value is 0.330. The average Bonchev–Trinajstić information content (AvgIpc) is 2.45. The Morgan fingerprint density at radius 3 is 2.67 bits per heavy atom. The fourth-order valence-electron chi connectivity index (χ4n) is 1.55. The Balaban J connectivity index is 2.65. The van der Waals surface area contributed by atoms with Gasteiger partial charge in [0, 0.05) is 12.0 Å². The van der Waals surface area contributed by atoms with Gasteiger partial charge in [-0.05, 0) is 43.8 Å². The van der Waals surface area contributed by atoms with Crippen molar-refractivity contribution in [1.29, 1.82) is 0 Å². The zero-order valence-corrected chi connectivity index (χ0v) is 12.8. The van der Waals surface area contributed by atoms with Crippen LogP contribution in [0, 0.1) is 5.92 Å². The number of hydrogen-bond acceptors (Lipinski definition) is 2. The first-order chi connectivity index (χ1) is 7.04. The number of hydrogen-bond donors (Lipinski definition) is 0. The number of carbonyl (C=O) groups is 1. The van der Waals surface area contributed by atoms with Crippen molar-refractivity contribution in [3.8, 4) is 0 Å². The van der Waals surface area contributed by atoms with Gasteiger partial charge in [0.25, 0.3) is 0 Å². The van der Waals surface area contributed by atoms with Gasteiger partial charge in [-0.3, -0.25) is 4.79 Å². The fourth-order valence-corrected chi connectivity index (χ4v) is 4.41. The SMILES string of the molecule is CCCC(C)CC(=O)c1cc(Br)sc1Br. The highest BCUT2D eigenvalue weighted by molar-refractivity contribution is 9.12. The number of halogens is 2. The van der Waals surface area contributed by atoms with Crippen LogP contribution in [0.1, 0.15) is 43.5 Å². The molecule has 0 bridgehead atoms. The van der Waals surface area contributed by atoms with Crippen molar-refractivity contribution in [3.63, 3.8) is 0 Å². The van der Waals surface area contributed by atoms with Crippen molar-refractivity contribution >= 4 is 49.0 Å². The summed E-state index contributed by atoms with van der Waals surface area (Å²) in [6.07, 6.45) is 2.91. The Labute approximate surface area is 112 Å². The van der Waals surface area contributed by atoms with E-state index >= 15 is 0 Å². The zero-order chi connectivity index (χ0) is 11.4. The van der Waals surface area contributed by atoms with E-state index in [0.717, 1.165) is 26.0 Å². The largest absolute Gasteiger partial charge is 0.294 e. The highest BCUT2D eigenvalue weighted by Crippen LogP contribution is 2.33. The van der Waals surface area contributed by atoms with Gasteiger partial charge in [-0.15, -0.1) is 11.3 Å². The van der Waals surface area contributed by atoms with Gasteiger partial charge < -0.3 is 0 Å². The highest BCUT2D eigenvalue weighted by atomic mass is 79.9. The predicted molar refractivity (Wildman–Crippen MR) is 72.7 cm³/mol. The van der Waals surface area contributed by atoms with Crippen molar-refractivity contribution in [2.75, 3.05) is 0 Å². The second kappa shape index (κ2) is 6.16. The summed E-state index contributed by atoms with van der Waals surface area (Å²) in [6.45, 7) is 4.29. The molecule has 15 heavy (non-hydrogen) atoms. The molecule has 1 unspecified atom stereocenters. The van der Waals surface area contributed by atoms with E-state index < -0.39 is 0 Å². The first kappa shape index (κ1) is 13.4. The minimum Gasteiger partial charge on any atom is -0.294 e. The second-order valence-electron chi connectivity index (χ2n) is 3.76. The smallest absolute Gasteiger partial charge is 0.165 e. The lowest BCUT2D eigenvalue weighted by atomic mass is 9.97. The van der Waals surface area contributed by atoms with Gasteiger partial charge in [0.15, 0.2) is 5.78 Å². The molecular weight excluding hydrogens is 340 g/mol. The van der Waals surface area contributed by atoms with Gasteiger partial charge in [0.2, 0.25) is 0 Å².